The number of hydrogen-bond acceptors (Lipinski definition) is 3. The van der Waals surface area contributed by atoms with Crippen LogP contribution in [0.25, 0.3) is 0 Å². The van der Waals surface area contributed by atoms with Crippen molar-refractivity contribution in [1.82, 2.24) is 24.6 Å². The number of aromatic nitrogens is 4. The van der Waals surface area contributed by atoms with Crippen molar-refractivity contribution in [3.8, 4) is 0 Å². The molecular weight excluding hydrogens is 214 g/mol. The highest BCUT2D eigenvalue weighted by molar-refractivity contribution is 4.99. The Morgan fingerprint density at radius 1 is 1.47 bits per heavy atom. The molecule has 1 unspecified atom stereocenters. The second-order valence-corrected chi connectivity index (χ2v) is 4.48. The van der Waals surface area contributed by atoms with Crippen LogP contribution < -0.4 is 5.32 Å². The quantitative estimate of drug-likeness (QED) is 0.841. The summed E-state index contributed by atoms with van der Waals surface area (Å²) in [5, 5.41) is 7.71. The van der Waals surface area contributed by atoms with Gasteiger partial charge in [0.25, 0.3) is 0 Å². The molecule has 0 bridgehead atoms. The van der Waals surface area contributed by atoms with Crippen LogP contribution in [0.2, 0.25) is 0 Å². The molecule has 5 heteroatoms. The van der Waals surface area contributed by atoms with Gasteiger partial charge >= 0.3 is 0 Å². The molecule has 2 aromatic heterocycles. The smallest absolute Gasteiger partial charge is 0.122 e. The van der Waals surface area contributed by atoms with E-state index in [9.17, 15) is 0 Å². The summed E-state index contributed by atoms with van der Waals surface area (Å²) < 4.78 is 3.99. The Bertz CT molecular complexity index is 471. The summed E-state index contributed by atoms with van der Waals surface area (Å²) in [6.07, 6.45) is 7.71. The molecule has 0 radical (unpaired) electrons. The van der Waals surface area contributed by atoms with Crippen LogP contribution in [0.5, 0.6) is 0 Å². The summed E-state index contributed by atoms with van der Waals surface area (Å²) in [6, 6.07) is 0.367. The van der Waals surface area contributed by atoms with Crippen LogP contribution in [-0.4, -0.2) is 25.4 Å². The van der Waals surface area contributed by atoms with E-state index in [1.54, 1.807) is 0 Å². The molecule has 0 aliphatic carbocycles. The number of rotatable bonds is 5. The first-order chi connectivity index (χ1) is 8.15. The minimum absolute atomic E-state index is 0.367. The Morgan fingerprint density at radius 3 is 2.88 bits per heavy atom. The predicted octanol–water partition coefficient (Wildman–Crippen LogP) is 1.10. The van der Waals surface area contributed by atoms with Gasteiger partial charge in [-0.1, -0.05) is 0 Å². The maximum Gasteiger partial charge on any atom is 0.122 e. The molecule has 0 saturated carbocycles. The van der Waals surface area contributed by atoms with Gasteiger partial charge in [0.1, 0.15) is 5.82 Å². The zero-order valence-corrected chi connectivity index (χ0v) is 10.6. The first kappa shape index (κ1) is 11.9. The van der Waals surface area contributed by atoms with Crippen molar-refractivity contribution >= 4 is 0 Å². The molecule has 17 heavy (non-hydrogen) atoms. The van der Waals surface area contributed by atoms with Gasteiger partial charge in [0.05, 0.1) is 19.3 Å². The third kappa shape index (κ3) is 3.17. The maximum atomic E-state index is 4.28. The van der Waals surface area contributed by atoms with Crippen molar-refractivity contribution in [2.75, 3.05) is 0 Å². The SMILES string of the molecule is Cc1cnn(CC(C)NCc2nccn2C)c1. The van der Waals surface area contributed by atoms with E-state index in [1.807, 2.05) is 34.9 Å². The first-order valence-electron chi connectivity index (χ1n) is 5.84. The van der Waals surface area contributed by atoms with Crippen molar-refractivity contribution < 1.29 is 0 Å². The highest BCUT2D eigenvalue weighted by Gasteiger charge is 2.05. The number of hydrogen-bond donors (Lipinski definition) is 1. The molecule has 0 aliphatic rings. The Morgan fingerprint density at radius 2 is 2.29 bits per heavy atom. The molecule has 2 heterocycles. The lowest BCUT2D eigenvalue weighted by atomic mass is 10.3. The van der Waals surface area contributed by atoms with Crippen LogP contribution in [0.15, 0.2) is 24.8 Å². The van der Waals surface area contributed by atoms with Crippen molar-refractivity contribution in [3.63, 3.8) is 0 Å². The monoisotopic (exact) mass is 233 g/mol. The Labute approximate surface area is 101 Å². The van der Waals surface area contributed by atoms with E-state index in [4.69, 9.17) is 0 Å². The fraction of sp³-hybridized carbons (Fsp3) is 0.500. The molecule has 0 spiro atoms. The number of nitrogens with zero attached hydrogens (tertiary/aromatic N) is 4. The van der Waals surface area contributed by atoms with E-state index in [-0.39, 0.29) is 0 Å². The third-order valence-corrected chi connectivity index (χ3v) is 2.75. The Balaban J connectivity index is 1.82. The summed E-state index contributed by atoms with van der Waals surface area (Å²) >= 11 is 0. The van der Waals surface area contributed by atoms with Gasteiger partial charge in [-0.3, -0.25) is 4.68 Å². The topological polar surface area (TPSA) is 47.7 Å². The molecule has 0 saturated heterocycles. The Kier molecular flexibility index (Phi) is 3.58. The molecule has 0 fully saturated rings. The average molecular weight is 233 g/mol. The average Bonchev–Trinajstić information content (AvgIpc) is 2.85. The van der Waals surface area contributed by atoms with Gasteiger partial charge in [-0.2, -0.15) is 5.10 Å². The fourth-order valence-electron chi connectivity index (χ4n) is 1.74. The highest BCUT2D eigenvalue weighted by Crippen LogP contribution is 1.98. The third-order valence-electron chi connectivity index (χ3n) is 2.75. The molecule has 2 aromatic rings. The summed E-state index contributed by atoms with van der Waals surface area (Å²) in [5.41, 5.74) is 1.20. The van der Waals surface area contributed by atoms with Gasteiger partial charge in [0.15, 0.2) is 0 Å². The minimum atomic E-state index is 0.367. The first-order valence-corrected chi connectivity index (χ1v) is 5.84. The Hall–Kier alpha value is -1.62. The van der Waals surface area contributed by atoms with Gasteiger partial charge in [0, 0.05) is 31.7 Å². The van der Waals surface area contributed by atoms with Crippen LogP contribution in [-0.2, 0) is 20.1 Å². The van der Waals surface area contributed by atoms with Gasteiger partial charge in [-0.05, 0) is 19.4 Å². The van der Waals surface area contributed by atoms with Crippen LogP contribution >= 0.6 is 0 Å². The highest BCUT2D eigenvalue weighted by atomic mass is 15.3. The van der Waals surface area contributed by atoms with Gasteiger partial charge in [-0.15, -0.1) is 0 Å². The predicted molar refractivity (Wildman–Crippen MR) is 66.5 cm³/mol. The standard InChI is InChI=1S/C12H19N5/c1-10-6-15-17(8-10)9-11(2)14-7-12-13-4-5-16(12)3/h4-6,8,11,14H,7,9H2,1-3H3. The summed E-state index contributed by atoms with van der Waals surface area (Å²) in [6.45, 7) is 5.86. The normalized spacial score (nSPS) is 12.9. The molecular formula is C12H19N5. The summed E-state index contributed by atoms with van der Waals surface area (Å²) in [5.74, 6) is 1.05. The van der Waals surface area contributed by atoms with Gasteiger partial charge in [0.2, 0.25) is 0 Å². The van der Waals surface area contributed by atoms with Crippen molar-refractivity contribution in [3.05, 3.63) is 36.2 Å². The lowest BCUT2D eigenvalue weighted by molar-refractivity contribution is 0.442. The minimum Gasteiger partial charge on any atom is -0.337 e. The largest absolute Gasteiger partial charge is 0.337 e. The van der Waals surface area contributed by atoms with E-state index in [0.29, 0.717) is 6.04 Å². The molecule has 92 valence electrons. The lowest BCUT2D eigenvalue weighted by Crippen LogP contribution is -2.31. The van der Waals surface area contributed by atoms with Crippen molar-refractivity contribution in [2.45, 2.75) is 33.0 Å². The van der Waals surface area contributed by atoms with Crippen molar-refractivity contribution in [2.24, 2.45) is 7.05 Å². The second kappa shape index (κ2) is 5.14. The van der Waals surface area contributed by atoms with Crippen LogP contribution in [0.4, 0.5) is 0 Å². The molecule has 2 rings (SSSR count). The van der Waals surface area contributed by atoms with Crippen molar-refractivity contribution in [1.29, 1.82) is 0 Å². The number of imidazole rings is 1. The second-order valence-electron chi connectivity index (χ2n) is 4.48. The molecule has 1 atom stereocenters. The fourth-order valence-corrected chi connectivity index (χ4v) is 1.74. The molecule has 0 amide bonds. The van der Waals surface area contributed by atoms with E-state index in [1.165, 1.54) is 5.56 Å². The molecule has 0 aromatic carbocycles. The molecule has 0 aliphatic heterocycles. The van der Waals surface area contributed by atoms with Gasteiger partial charge in [-0.25, -0.2) is 4.98 Å². The molecule has 1 N–H and O–H groups in total. The number of aryl methyl sites for hydroxylation is 2. The van der Waals surface area contributed by atoms with E-state index in [2.05, 4.69) is 35.4 Å². The van der Waals surface area contributed by atoms with Crippen LogP contribution in [0.1, 0.15) is 18.3 Å². The zero-order chi connectivity index (χ0) is 12.3. The van der Waals surface area contributed by atoms with E-state index >= 15 is 0 Å². The lowest BCUT2D eigenvalue weighted by Gasteiger charge is -2.13. The van der Waals surface area contributed by atoms with E-state index < -0.39 is 0 Å². The molecule has 5 nitrogen and oxygen atoms in total. The van der Waals surface area contributed by atoms with Crippen LogP contribution in [0, 0.1) is 6.92 Å². The van der Waals surface area contributed by atoms with Crippen LogP contribution in [0.3, 0.4) is 0 Å². The number of nitrogens with one attached hydrogen (secondary N) is 1. The maximum absolute atomic E-state index is 4.28. The summed E-state index contributed by atoms with van der Waals surface area (Å²) in [7, 11) is 2.01. The zero-order valence-electron chi connectivity index (χ0n) is 10.6. The van der Waals surface area contributed by atoms with Gasteiger partial charge < -0.3 is 9.88 Å². The van der Waals surface area contributed by atoms with E-state index in [0.717, 1.165) is 18.9 Å². The summed E-state index contributed by atoms with van der Waals surface area (Å²) in [4.78, 5) is 4.28.